The van der Waals surface area contributed by atoms with Gasteiger partial charge in [0.2, 0.25) is 0 Å². The van der Waals surface area contributed by atoms with Crippen LogP contribution in [-0.4, -0.2) is 5.78 Å². The number of unbranched alkanes of at least 4 members (excludes halogenated alkanes) is 1. The van der Waals surface area contributed by atoms with E-state index in [0.29, 0.717) is 23.5 Å². The lowest BCUT2D eigenvalue weighted by atomic mass is 9.63. The molecule has 4 rings (SSSR count). The zero-order chi connectivity index (χ0) is 21.6. The third-order valence-electron chi connectivity index (χ3n) is 9.67. The molecule has 3 aliphatic carbocycles. The van der Waals surface area contributed by atoms with Crippen molar-refractivity contribution in [1.82, 2.24) is 0 Å². The first-order chi connectivity index (χ1) is 15.2. The molecule has 3 saturated carbocycles. The lowest BCUT2D eigenvalue weighted by Gasteiger charge is -2.41. The highest BCUT2D eigenvalue weighted by atomic mass is 16.1. The molecule has 1 unspecified atom stereocenters. The quantitative estimate of drug-likeness (QED) is 0.430. The van der Waals surface area contributed by atoms with Crippen LogP contribution in [0.4, 0.5) is 0 Å². The number of carbonyl (C=O) groups is 1. The summed E-state index contributed by atoms with van der Waals surface area (Å²) in [5, 5.41) is 0. The molecule has 3 atom stereocenters. The molecule has 0 radical (unpaired) electrons. The van der Waals surface area contributed by atoms with Gasteiger partial charge in [0, 0.05) is 12.3 Å². The molecule has 0 aromatic heterocycles. The summed E-state index contributed by atoms with van der Waals surface area (Å²) in [6.45, 7) is 4.73. The van der Waals surface area contributed by atoms with Crippen LogP contribution in [-0.2, 0) is 4.79 Å². The van der Waals surface area contributed by atoms with Crippen molar-refractivity contribution in [2.75, 3.05) is 0 Å². The first-order valence-electron chi connectivity index (χ1n) is 13.7. The van der Waals surface area contributed by atoms with Gasteiger partial charge >= 0.3 is 0 Å². The number of hydrogen-bond acceptors (Lipinski definition) is 1. The molecule has 0 spiro atoms. The van der Waals surface area contributed by atoms with Gasteiger partial charge in [-0.1, -0.05) is 76.3 Å². The molecule has 1 aromatic carbocycles. The minimum Gasteiger partial charge on any atom is -0.299 e. The highest BCUT2D eigenvalue weighted by Crippen LogP contribution is 2.46. The number of Topliss-reactive ketones (excluding diaryl/α,β-unsaturated/α-hetero) is 1. The van der Waals surface area contributed by atoms with Gasteiger partial charge in [-0.2, -0.15) is 0 Å². The number of rotatable bonds is 7. The van der Waals surface area contributed by atoms with Gasteiger partial charge in [0.25, 0.3) is 0 Å². The molecule has 172 valence electrons. The van der Waals surface area contributed by atoms with Crippen molar-refractivity contribution in [3.63, 3.8) is 0 Å². The third kappa shape index (κ3) is 5.82. The van der Waals surface area contributed by atoms with Crippen molar-refractivity contribution in [3.05, 3.63) is 35.9 Å². The van der Waals surface area contributed by atoms with E-state index in [0.717, 1.165) is 30.1 Å². The second kappa shape index (κ2) is 11.2. The molecule has 0 aliphatic heterocycles. The Hall–Kier alpha value is -1.11. The zero-order valence-corrected chi connectivity index (χ0v) is 20.2. The van der Waals surface area contributed by atoms with E-state index < -0.39 is 0 Å². The van der Waals surface area contributed by atoms with Crippen LogP contribution < -0.4 is 0 Å². The maximum atomic E-state index is 13.2. The van der Waals surface area contributed by atoms with Crippen LogP contribution in [0.1, 0.15) is 115 Å². The average Bonchev–Trinajstić information content (AvgIpc) is 2.83. The summed E-state index contributed by atoms with van der Waals surface area (Å²) in [5.74, 6) is 5.62. The van der Waals surface area contributed by atoms with Crippen molar-refractivity contribution in [3.8, 4) is 0 Å². The number of carbonyl (C=O) groups excluding carboxylic acids is 1. The summed E-state index contributed by atoms with van der Waals surface area (Å²) in [6.07, 6.45) is 18.5. The minimum atomic E-state index is 0.370. The van der Waals surface area contributed by atoms with Gasteiger partial charge in [-0.05, 0) is 92.4 Å². The molecule has 31 heavy (non-hydrogen) atoms. The second-order valence-corrected chi connectivity index (χ2v) is 11.4. The maximum Gasteiger partial charge on any atom is 0.136 e. The molecular weight excluding hydrogens is 376 g/mol. The normalized spacial score (nSPS) is 35.6. The fourth-order valence-electron chi connectivity index (χ4n) is 7.50. The first kappa shape index (κ1) is 23.1. The zero-order valence-electron chi connectivity index (χ0n) is 20.2. The maximum absolute atomic E-state index is 13.2. The van der Waals surface area contributed by atoms with Crippen LogP contribution in [0.25, 0.3) is 0 Å². The molecule has 0 bridgehead atoms. The molecule has 1 aromatic rings. The van der Waals surface area contributed by atoms with E-state index in [-0.39, 0.29) is 0 Å². The molecule has 0 N–H and O–H groups in total. The van der Waals surface area contributed by atoms with E-state index in [2.05, 4.69) is 44.2 Å². The monoisotopic (exact) mass is 422 g/mol. The predicted octanol–water partition coefficient (Wildman–Crippen LogP) is 8.58. The van der Waals surface area contributed by atoms with Gasteiger partial charge in [-0.15, -0.1) is 0 Å². The van der Waals surface area contributed by atoms with E-state index in [1.54, 1.807) is 0 Å². The Kier molecular flexibility index (Phi) is 8.30. The SMILES string of the molecule is CCCCC1CCC(C(C)[C@@H]2CC[C@@H](C3CCC(c4ccccc4)CC3)CC2=O)CC1. The second-order valence-electron chi connectivity index (χ2n) is 11.4. The Morgan fingerprint density at radius 1 is 0.839 bits per heavy atom. The van der Waals surface area contributed by atoms with Crippen molar-refractivity contribution in [1.29, 1.82) is 0 Å². The first-order valence-corrected chi connectivity index (χ1v) is 13.7. The van der Waals surface area contributed by atoms with Crippen LogP contribution in [0.2, 0.25) is 0 Å². The molecule has 3 aliphatic rings. The Balaban J connectivity index is 1.22. The predicted molar refractivity (Wildman–Crippen MR) is 131 cm³/mol. The Labute approximate surface area is 191 Å². The molecule has 1 nitrogen and oxygen atoms in total. The van der Waals surface area contributed by atoms with Crippen molar-refractivity contribution >= 4 is 5.78 Å². The highest BCUT2D eigenvalue weighted by molar-refractivity contribution is 5.82. The van der Waals surface area contributed by atoms with E-state index in [4.69, 9.17) is 0 Å². The number of ketones is 1. The van der Waals surface area contributed by atoms with Gasteiger partial charge in [0.15, 0.2) is 0 Å². The lowest BCUT2D eigenvalue weighted by Crippen LogP contribution is -2.36. The van der Waals surface area contributed by atoms with Crippen molar-refractivity contribution < 1.29 is 4.79 Å². The Morgan fingerprint density at radius 3 is 2.16 bits per heavy atom. The summed E-state index contributed by atoms with van der Waals surface area (Å²) in [4.78, 5) is 13.2. The molecular formula is C30H46O. The van der Waals surface area contributed by atoms with E-state index in [1.807, 2.05) is 0 Å². The van der Waals surface area contributed by atoms with Crippen molar-refractivity contribution in [2.24, 2.45) is 35.5 Å². The largest absolute Gasteiger partial charge is 0.299 e. The smallest absolute Gasteiger partial charge is 0.136 e. The fraction of sp³-hybridized carbons (Fsp3) is 0.767. The van der Waals surface area contributed by atoms with Crippen LogP contribution in [0.15, 0.2) is 30.3 Å². The minimum absolute atomic E-state index is 0.370. The topological polar surface area (TPSA) is 17.1 Å². The van der Waals surface area contributed by atoms with Gasteiger partial charge in [-0.25, -0.2) is 0 Å². The Morgan fingerprint density at radius 2 is 1.52 bits per heavy atom. The fourth-order valence-corrected chi connectivity index (χ4v) is 7.50. The standard InChI is InChI=1S/C30H46O/c1-3-4-8-23-11-13-24(14-12-23)22(2)29-20-19-28(21-30(29)31)27-17-15-26(16-18-27)25-9-6-5-7-10-25/h5-7,9-10,22-24,26-29H,3-4,8,11-21H2,1-2H3/t22?,23?,24?,26?,27?,28-,29+/m1/s1. The highest BCUT2D eigenvalue weighted by Gasteiger charge is 2.39. The average molecular weight is 423 g/mol. The van der Waals surface area contributed by atoms with E-state index in [1.165, 1.54) is 89.0 Å². The molecule has 3 fully saturated rings. The summed E-state index contributed by atoms with van der Waals surface area (Å²) >= 11 is 0. The number of hydrogen-bond donors (Lipinski definition) is 0. The van der Waals surface area contributed by atoms with Gasteiger partial charge in [0.05, 0.1) is 0 Å². The van der Waals surface area contributed by atoms with Crippen LogP contribution in [0, 0.1) is 35.5 Å². The molecule has 0 saturated heterocycles. The van der Waals surface area contributed by atoms with Crippen LogP contribution in [0.3, 0.4) is 0 Å². The lowest BCUT2D eigenvalue weighted by molar-refractivity contribution is -0.129. The number of benzene rings is 1. The van der Waals surface area contributed by atoms with Crippen LogP contribution >= 0.6 is 0 Å². The summed E-state index contributed by atoms with van der Waals surface area (Å²) in [6, 6.07) is 11.1. The Bertz CT molecular complexity index is 663. The van der Waals surface area contributed by atoms with E-state index >= 15 is 0 Å². The van der Waals surface area contributed by atoms with E-state index in [9.17, 15) is 4.79 Å². The molecule has 0 heterocycles. The van der Waals surface area contributed by atoms with Crippen molar-refractivity contribution in [2.45, 2.75) is 110 Å². The van der Waals surface area contributed by atoms with Gasteiger partial charge in [-0.3, -0.25) is 4.79 Å². The van der Waals surface area contributed by atoms with Gasteiger partial charge in [0.1, 0.15) is 5.78 Å². The van der Waals surface area contributed by atoms with Crippen LogP contribution in [0.5, 0.6) is 0 Å². The summed E-state index contributed by atoms with van der Waals surface area (Å²) in [5.41, 5.74) is 1.53. The van der Waals surface area contributed by atoms with Gasteiger partial charge < -0.3 is 0 Å². The molecule has 1 heteroatoms. The third-order valence-corrected chi connectivity index (χ3v) is 9.67. The summed E-state index contributed by atoms with van der Waals surface area (Å²) < 4.78 is 0. The summed E-state index contributed by atoms with van der Waals surface area (Å²) in [7, 11) is 0. The molecule has 0 amide bonds.